The van der Waals surface area contributed by atoms with E-state index in [4.69, 9.17) is 0 Å². The van der Waals surface area contributed by atoms with Crippen LogP contribution >= 0.6 is 0 Å². The van der Waals surface area contributed by atoms with E-state index >= 15 is 0 Å². The van der Waals surface area contributed by atoms with Crippen molar-refractivity contribution < 1.29 is 9.59 Å². The van der Waals surface area contributed by atoms with Gasteiger partial charge in [0.2, 0.25) is 0 Å². The lowest BCUT2D eigenvalue weighted by molar-refractivity contribution is 0.0983. The molecule has 0 bridgehead atoms. The standard InChI is InChI=1S/C18H20N2O2/c1-4-14-16(12(3)21)11(2)19-17(14)18(22)20-10-9-13-7-5-6-8-15(13)20/h5-8,19H,4,9-10H2,1-3H3. The average Bonchev–Trinajstić information content (AvgIpc) is 3.07. The minimum absolute atomic E-state index is 0.00599. The Morgan fingerprint density at radius 3 is 2.68 bits per heavy atom. The second-order valence-corrected chi connectivity index (χ2v) is 5.72. The second-order valence-electron chi connectivity index (χ2n) is 5.72. The van der Waals surface area contributed by atoms with Crippen molar-refractivity contribution in [3.05, 3.63) is 52.3 Å². The first-order valence-electron chi connectivity index (χ1n) is 7.66. The van der Waals surface area contributed by atoms with Crippen molar-refractivity contribution in [2.24, 2.45) is 0 Å². The first-order chi connectivity index (χ1) is 10.5. The van der Waals surface area contributed by atoms with Crippen LogP contribution in [0.5, 0.6) is 0 Å². The summed E-state index contributed by atoms with van der Waals surface area (Å²) >= 11 is 0. The molecule has 4 heteroatoms. The number of aromatic nitrogens is 1. The van der Waals surface area contributed by atoms with Gasteiger partial charge in [-0.3, -0.25) is 9.59 Å². The Morgan fingerprint density at radius 1 is 1.27 bits per heavy atom. The highest BCUT2D eigenvalue weighted by molar-refractivity contribution is 6.09. The number of Topliss-reactive ketones (excluding diaryl/α,β-unsaturated/α-hetero) is 1. The van der Waals surface area contributed by atoms with Crippen molar-refractivity contribution in [3.63, 3.8) is 0 Å². The molecule has 0 aliphatic carbocycles. The van der Waals surface area contributed by atoms with Gasteiger partial charge in [0.05, 0.1) is 0 Å². The molecule has 114 valence electrons. The number of anilines is 1. The highest BCUT2D eigenvalue weighted by Crippen LogP contribution is 2.30. The van der Waals surface area contributed by atoms with Crippen LogP contribution in [0.1, 0.15) is 51.5 Å². The fourth-order valence-corrected chi connectivity index (χ4v) is 3.37. The Kier molecular flexibility index (Phi) is 3.61. The minimum Gasteiger partial charge on any atom is -0.354 e. The summed E-state index contributed by atoms with van der Waals surface area (Å²) in [5.41, 5.74) is 5.01. The molecule has 0 radical (unpaired) electrons. The summed E-state index contributed by atoms with van der Waals surface area (Å²) < 4.78 is 0. The van der Waals surface area contributed by atoms with Gasteiger partial charge in [-0.2, -0.15) is 0 Å². The third kappa shape index (κ3) is 2.15. The second kappa shape index (κ2) is 5.44. The van der Waals surface area contributed by atoms with Crippen LogP contribution < -0.4 is 4.90 Å². The third-order valence-corrected chi connectivity index (χ3v) is 4.34. The zero-order chi connectivity index (χ0) is 15.9. The number of hydrogen-bond acceptors (Lipinski definition) is 2. The van der Waals surface area contributed by atoms with Crippen LogP contribution in [0, 0.1) is 6.92 Å². The molecular formula is C18H20N2O2. The number of rotatable bonds is 3. The first kappa shape index (κ1) is 14.6. The number of aryl methyl sites for hydroxylation is 1. The van der Waals surface area contributed by atoms with Crippen LogP contribution in [0.25, 0.3) is 0 Å². The highest BCUT2D eigenvalue weighted by atomic mass is 16.2. The largest absolute Gasteiger partial charge is 0.354 e. The number of benzene rings is 1. The maximum absolute atomic E-state index is 13.0. The number of carbonyl (C=O) groups is 2. The van der Waals surface area contributed by atoms with Gasteiger partial charge in [-0.05, 0) is 43.9 Å². The molecule has 0 spiro atoms. The van der Waals surface area contributed by atoms with Crippen molar-refractivity contribution in [1.82, 2.24) is 4.98 Å². The molecule has 22 heavy (non-hydrogen) atoms. The molecule has 0 fully saturated rings. The predicted octanol–water partition coefficient (Wildman–Crippen LogP) is 3.29. The predicted molar refractivity (Wildman–Crippen MR) is 86.7 cm³/mol. The maximum atomic E-state index is 13.0. The van der Waals surface area contributed by atoms with E-state index in [1.54, 1.807) is 6.92 Å². The topological polar surface area (TPSA) is 53.2 Å². The van der Waals surface area contributed by atoms with E-state index in [0.29, 0.717) is 24.2 Å². The number of nitrogens with one attached hydrogen (secondary N) is 1. The number of fused-ring (bicyclic) bond motifs is 1. The number of H-pyrrole nitrogens is 1. The van der Waals surface area contributed by atoms with E-state index in [0.717, 1.165) is 23.4 Å². The lowest BCUT2D eigenvalue weighted by Crippen LogP contribution is -2.30. The Labute approximate surface area is 130 Å². The number of nitrogens with zero attached hydrogens (tertiary/aromatic N) is 1. The molecule has 1 aliphatic rings. The molecule has 0 atom stereocenters. The Morgan fingerprint density at radius 2 is 2.00 bits per heavy atom. The van der Waals surface area contributed by atoms with E-state index in [9.17, 15) is 9.59 Å². The minimum atomic E-state index is -0.0441. The average molecular weight is 296 g/mol. The summed E-state index contributed by atoms with van der Waals surface area (Å²) in [4.78, 5) is 29.8. The molecule has 1 aromatic heterocycles. The lowest BCUT2D eigenvalue weighted by atomic mass is 10.0. The molecule has 1 aromatic carbocycles. The molecular weight excluding hydrogens is 276 g/mol. The molecule has 1 aliphatic heterocycles. The van der Waals surface area contributed by atoms with Gasteiger partial charge in [0.15, 0.2) is 5.78 Å². The van der Waals surface area contributed by atoms with Crippen LogP contribution in [0.3, 0.4) is 0 Å². The van der Waals surface area contributed by atoms with Crippen molar-refractivity contribution in [2.75, 3.05) is 11.4 Å². The molecule has 0 saturated carbocycles. The summed E-state index contributed by atoms with van der Waals surface area (Å²) in [6.07, 6.45) is 1.54. The normalized spacial score (nSPS) is 13.3. The summed E-state index contributed by atoms with van der Waals surface area (Å²) in [5, 5.41) is 0. The Bertz CT molecular complexity index is 758. The van der Waals surface area contributed by atoms with Crippen LogP contribution in [0.4, 0.5) is 5.69 Å². The van der Waals surface area contributed by atoms with Crippen molar-refractivity contribution in [2.45, 2.75) is 33.6 Å². The van der Waals surface area contributed by atoms with Gasteiger partial charge in [0.25, 0.3) is 5.91 Å². The van der Waals surface area contributed by atoms with Crippen molar-refractivity contribution in [3.8, 4) is 0 Å². The molecule has 2 heterocycles. The number of aromatic amines is 1. The van der Waals surface area contributed by atoms with Crippen molar-refractivity contribution in [1.29, 1.82) is 0 Å². The summed E-state index contributed by atoms with van der Waals surface area (Å²) in [5.74, 6) is -0.0381. The monoisotopic (exact) mass is 296 g/mol. The van der Waals surface area contributed by atoms with E-state index in [-0.39, 0.29) is 11.7 Å². The van der Waals surface area contributed by atoms with E-state index in [1.165, 1.54) is 5.56 Å². The van der Waals surface area contributed by atoms with Crippen LogP contribution in [-0.4, -0.2) is 23.2 Å². The van der Waals surface area contributed by atoms with E-state index < -0.39 is 0 Å². The van der Waals surface area contributed by atoms with Gasteiger partial charge in [0.1, 0.15) is 5.69 Å². The molecule has 1 amide bonds. The fourth-order valence-electron chi connectivity index (χ4n) is 3.37. The molecule has 3 rings (SSSR count). The van der Waals surface area contributed by atoms with Gasteiger partial charge in [-0.1, -0.05) is 25.1 Å². The lowest BCUT2D eigenvalue weighted by Gasteiger charge is -2.17. The van der Waals surface area contributed by atoms with Crippen LogP contribution in [0.2, 0.25) is 0 Å². The molecule has 0 saturated heterocycles. The summed E-state index contributed by atoms with van der Waals surface area (Å²) in [6, 6.07) is 7.99. The highest BCUT2D eigenvalue weighted by Gasteiger charge is 2.29. The van der Waals surface area contributed by atoms with E-state index in [1.807, 2.05) is 36.9 Å². The van der Waals surface area contributed by atoms with Gasteiger partial charge in [-0.15, -0.1) is 0 Å². The summed E-state index contributed by atoms with van der Waals surface area (Å²) in [6.45, 7) is 6.07. The molecule has 4 nitrogen and oxygen atoms in total. The molecule has 2 aromatic rings. The van der Waals surface area contributed by atoms with Gasteiger partial charge < -0.3 is 9.88 Å². The molecule has 1 N–H and O–H groups in total. The zero-order valence-electron chi connectivity index (χ0n) is 13.2. The summed E-state index contributed by atoms with van der Waals surface area (Å²) in [7, 11) is 0. The number of amides is 1. The fraction of sp³-hybridized carbons (Fsp3) is 0.333. The number of hydrogen-bond donors (Lipinski definition) is 1. The van der Waals surface area contributed by atoms with Gasteiger partial charge in [0, 0.05) is 23.5 Å². The smallest absolute Gasteiger partial charge is 0.275 e. The number of ketones is 1. The van der Waals surface area contributed by atoms with Gasteiger partial charge in [-0.25, -0.2) is 0 Å². The van der Waals surface area contributed by atoms with Crippen molar-refractivity contribution >= 4 is 17.4 Å². The third-order valence-electron chi connectivity index (χ3n) is 4.34. The number of para-hydroxylation sites is 1. The molecule has 0 unspecified atom stereocenters. The quantitative estimate of drug-likeness (QED) is 0.884. The first-order valence-corrected chi connectivity index (χ1v) is 7.66. The maximum Gasteiger partial charge on any atom is 0.275 e. The Balaban J connectivity index is 2.04. The van der Waals surface area contributed by atoms with Gasteiger partial charge >= 0.3 is 0 Å². The number of carbonyl (C=O) groups excluding carboxylic acids is 2. The Hall–Kier alpha value is -2.36. The van der Waals surface area contributed by atoms with E-state index in [2.05, 4.69) is 11.1 Å². The SMILES string of the molecule is CCc1c(C(=O)N2CCc3ccccc32)[nH]c(C)c1C(C)=O. The van der Waals surface area contributed by atoms with Crippen LogP contribution in [0.15, 0.2) is 24.3 Å². The zero-order valence-corrected chi connectivity index (χ0v) is 13.2. The van der Waals surface area contributed by atoms with Crippen LogP contribution in [-0.2, 0) is 12.8 Å².